The Morgan fingerprint density at radius 1 is 0.614 bits per heavy atom. The van der Waals surface area contributed by atoms with Crippen LogP contribution < -0.4 is 5.32 Å². The number of aliphatic hydroxyl groups excluding tert-OH is 1. The van der Waals surface area contributed by atoms with Crippen LogP contribution in [0.15, 0.2) is 24.3 Å². The predicted octanol–water partition coefficient (Wildman–Crippen LogP) is 10.4. The largest absolute Gasteiger partial charge is 0.391 e. The summed E-state index contributed by atoms with van der Waals surface area (Å²) >= 11 is 0. The van der Waals surface area contributed by atoms with Gasteiger partial charge in [0.25, 0.3) is 10.1 Å². The molecule has 0 aromatic heterocycles. The summed E-state index contributed by atoms with van der Waals surface area (Å²) in [4.78, 5) is 12.5. The first kappa shape index (κ1) is 42.8. The number of rotatable bonds is 33. The molecule has 2 unspecified atom stereocenters. The molecule has 2 atom stereocenters. The van der Waals surface area contributed by atoms with Crippen molar-refractivity contribution in [3.8, 4) is 0 Å². The van der Waals surface area contributed by atoms with E-state index in [-0.39, 0.29) is 5.91 Å². The number of nitrogens with one attached hydrogen (secondary N) is 1. The minimum absolute atomic E-state index is 0.260. The van der Waals surface area contributed by atoms with Crippen molar-refractivity contribution in [2.75, 3.05) is 5.75 Å². The molecule has 0 bridgehead atoms. The third-order valence-electron chi connectivity index (χ3n) is 8.41. The van der Waals surface area contributed by atoms with Crippen LogP contribution in [-0.2, 0) is 14.9 Å². The zero-order valence-corrected chi connectivity index (χ0v) is 29.6. The van der Waals surface area contributed by atoms with E-state index < -0.39 is 28.0 Å². The molecular formula is C37H71NO5S. The van der Waals surface area contributed by atoms with E-state index in [1.54, 1.807) is 0 Å². The summed E-state index contributed by atoms with van der Waals surface area (Å²) in [7, 11) is -4.31. The average molecular weight is 642 g/mol. The van der Waals surface area contributed by atoms with Gasteiger partial charge in [-0.2, -0.15) is 8.42 Å². The molecule has 0 saturated carbocycles. The van der Waals surface area contributed by atoms with Crippen molar-refractivity contribution < 1.29 is 22.9 Å². The van der Waals surface area contributed by atoms with Gasteiger partial charge in [0, 0.05) is 6.42 Å². The number of carbonyl (C=O) groups excluding carboxylic acids is 1. The number of amides is 1. The van der Waals surface area contributed by atoms with Gasteiger partial charge in [-0.25, -0.2) is 0 Å². The number of aliphatic hydroxyl groups is 1. The Labute approximate surface area is 273 Å². The predicted molar refractivity (Wildman–Crippen MR) is 189 cm³/mol. The van der Waals surface area contributed by atoms with Crippen molar-refractivity contribution in [2.45, 2.75) is 199 Å². The molecule has 0 aliphatic rings. The molecule has 260 valence electrons. The molecule has 0 fully saturated rings. The van der Waals surface area contributed by atoms with E-state index in [9.17, 15) is 22.9 Å². The number of allylic oxidation sites excluding steroid dienone is 4. The first-order chi connectivity index (χ1) is 21.3. The number of unbranched alkanes of at least 4 members (excludes halogenated alkanes) is 21. The van der Waals surface area contributed by atoms with Crippen LogP contribution >= 0.6 is 0 Å². The highest BCUT2D eigenvalue weighted by Crippen LogP contribution is 2.15. The minimum Gasteiger partial charge on any atom is -0.391 e. The molecule has 0 aromatic carbocycles. The van der Waals surface area contributed by atoms with Crippen LogP contribution in [-0.4, -0.2) is 41.9 Å². The first-order valence-corrected chi connectivity index (χ1v) is 20.1. The fourth-order valence-corrected chi connectivity index (χ4v) is 6.35. The molecule has 0 spiro atoms. The Morgan fingerprint density at radius 3 is 1.55 bits per heavy atom. The van der Waals surface area contributed by atoms with Crippen molar-refractivity contribution in [1.82, 2.24) is 5.32 Å². The second-order valence-electron chi connectivity index (χ2n) is 12.9. The Kier molecular flexibility index (Phi) is 30.9. The Balaban J connectivity index is 3.94. The molecule has 0 heterocycles. The van der Waals surface area contributed by atoms with E-state index in [0.29, 0.717) is 12.8 Å². The quantitative estimate of drug-likeness (QED) is 0.0376. The first-order valence-electron chi connectivity index (χ1n) is 18.5. The molecule has 0 radical (unpaired) electrons. The van der Waals surface area contributed by atoms with Crippen LogP contribution in [0, 0.1) is 0 Å². The smallest absolute Gasteiger partial charge is 0.266 e. The minimum atomic E-state index is -4.31. The Bertz CT molecular complexity index is 796. The van der Waals surface area contributed by atoms with Gasteiger partial charge in [-0.3, -0.25) is 9.35 Å². The van der Waals surface area contributed by atoms with Gasteiger partial charge < -0.3 is 10.4 Å². The monoisotopic (exact) mass is 642 g/mol. The summed E-state index contributed by atoms with van der Waals surface area (Å²) in [5, 5.41) is 13.3. The normalized spacial score (nSPS) is 13.6. The molecule has 44 heavy (non-hydrogen) atoms. The summed E-state index contributed by atoms with van der Waals surface area (Å²) in [6.07, 6.45) is 38.3. The zero-order valence-electron chi connectivity index (χ0n) is 28.8. The lowest BCUT2D eigenvalue weighted by molar-refractivity contribution is -0.122. The highest BCUT2D eigenvalue weighted by Gasteiger charge is 2.26. The fourth-order valence-electron chi connectivity index (χ4n) is 5.59. The summed E-state index contributed by atoms with van der Waals surface area (Å²) in [5.74, 6) is -0.912. The van der Waals surface area contributed by atoms with Gasteiger partial charge in [-0.1, -0.05) is 167 Å². The van der Waals surface area contributed by atoms with Crippen LogP contribution in [0.3, 0.4) is 0 Å². The van der Waals surface area contributed by atoms with Gasteiger partial charge in [0.2, 0.25) is 5.91 Å². The Hall–Kier alpha value is -1.18. The fraction of sp³-hybridized carbons (Fsp3) is 0.865. The van der Waals surface area contributed by atoms with E-state index >= 15 is 0 Å². The van der Waals surface area contributed by atoms with Crippen molar-refractivity contribution in [3.05, 3.63) is 24.3 Å². The maximum Gasteiger partial charge on any atom is 0.266 e. The van der Waals surface area contributed by atoms with Crippen LogP contribution in [0.25, 0.3) is 0 Å². The summed E-state index contributed by atoms with van der Waals surface area (Å²) in [6, 6.07) is -0.975. The third kappa shape index (κ3) is 32.2. The van der Waals surface area contributed by atoms with Crippen LogP contribution in [0.5, 0.6) is 0 Å². The molecule has 0 aliphatic heterocycles. The maximum absolute atomic E-state index is 12.5. The molecule has 7 heteroatoms. The van der Waals surface area contributed by atoms with Crippen molar-refractivity contribution >= 4 is 16.0 Å². The van der Waals surface area contributed by atoms with E-state index in [0.717, 1.165) is 64.2 Å². The van der Waals surface area contributed by atoms with Gasteiger partial charge >= 0.3 is 0 Å². The lowest BCUT2D eigenvalue weighted by Gasteiger charge is -2.23. The van der Waals surface area contributed by atoms with Gasteiger partial charge in [-0.05, 0) is 38.5 Å². The molecule has 6 nitrogen and oxygen atoms in total. The summed E-state index contributed by atoms with van der Waals surface area (Å²) in [5.41, 5.74) is 0. The molecule has 0 aromatic rings. The summed E-state index contributed by atoms with van der Waals surface area (Å²) in [6.45, 7) is 4.47. The van der Waals surface area contributed by atoms with E-state index in [1.807, 2.05) is 0 Å². The topological polar surface area (TPSA) is 104 Å². The lowest BCUT2D eigenvalue weighted by atomic mass is 10.0. The molecule has 0 aliphatic carbocycles. The third-order valence-corrected chi connectivity index (χ3v) is 9.19. The number of carbonyl (C=O) groups is 1. The number of hydrogen-bond donors (Lipinski definition) is 3. The molecule has 0 saturated heterocycles. The SMILES string of the molecule is CCCC/C=C\C/C=C\CCCCCCCC(=O)NC(CS(=O)(=O)O)C(O)CCCCCCCCCCCCCCCCC. The van der Waals surface area contributed by atoms with Crippen LogP contribution in [0.2, 0.25) is 0 Å². The van der Waals surface area contributed by atoms with E-state index in [2.05, 4.69) is 43.5 Å². The Morgan fingerprint density at radius 2 is 1.05 bits per heavy atom. The lowest BCUT2D eigenvalue weighted by Crippen LogP contribution is -2.47. The zero-order chi connectivity index (χ0) is 32.6. The van der Waals surface area contributed by atoms with Crippen LogP contribution in [0.4, 0.5) is 0 Å². The van der Waals surface area contributed by atoms with Gasteiger partial charge in [0.1, 0.15) is 0 Å². The van der Waals surface area contributed by atoms with E-state index in [1.165, 1.54) is 96.3 Å². The van der Waals surface area contributed by atoms with Gasteiger partial charge in [0.15, 0.2) is 0 Å². The maximum atomic E-state index is 12.5. The standard InChI is InChI=1S/C37H71NO5S/c1-3-5-7-9-11-13-15-17-19-20-22-24-26-28-30-32-36(39)35(34-44(41,42)43)38-37(40)33-31-29-27-25-23-21-18-16-14-12-10-8-6-4-2/h10,12,16,18,35-36,39H,3-9,11,13-15,17,19-34H2,1-2H3,(H,38,40)(H,41,42,43)/b12-10-,18-16-. The molecule has 3 N–H and O–H groups in total. The number of hydrogen-bond acceptors (Lipinski definition) is 4. The average Bonchev–Trinajstić information content (AvgIpc) is 2.98. The van der Waals surface area contributed by atoms with Crippen molar-refractivity contribution in [2.24, 2.45) is 0 Å². The van der Waals surface area contributed by atoms with E-state index in [4.69, 9.17) is 0 Å². The van der Waals surface area contributed by atoms with Crippen molar-refractivity contribution in [1.29, 1.82) is 0 Å². The second-order valence-corrected chi connectivity index (χ2v) is 14.4. The summed E-state index contributed by atoms with van der Waals surface area (Å²) < 4.78 is 32.4. The van der Waals surface area contributed by atoms with Gasteiger partial charge in [0.05, 0.1) is 17.9 Å². The van der Waals surface area contributed by atoms with Crippen molar-refractivity contribution in [3.63, 3.8) is 0 Å². The van der Waals surface area contributed by atoms with Crippen LogP contribution in [0.1, 0.15) is 187 Å². The second kappa shape index (κ2) is 31.8. The highest BCUT2D eigenvalue weighted by atomic mass is 32.2. The molecule has 0 rings (SSSR count). The molecule has 1 amide bonds. The highest BCUT2D eigenvalue weighted by molar-refractivity contribution is 7.85. The van der Waals surface area contributed by atoms with Gasteiger partial charge in [-0.15, -0.1) is 0 Å². The molecular weight excluding hydrogens is 570 g/mol.